The fourth-order valence-corrected chi connectivity index (χ4v) is 2.81. The van der Waals surface area contributed by atoms with Crippen molar-refractivity contribution in [3.8, 4) is 0 Å². The molecule has 8 heteroatoms. The highest BCUT2D eigenvalue weighted by Crippen LogP contribution is 2.37. The molecule has 1 heterocycles. The van der Waals surface area contributed by atoms with Crippen molar-refractivity contribution >= 4 is 68.2 Å². The molecule has 0 aliphatic heterocycles. The number of nitrogens with one attached hydrogen (secondary N) is 2. The summed E-state index contributed by atoms with van der Waals surface area (Å²) in [6.45, 7) is 2.80. The van der Waals surface area contributed by atoms with E-state index in [1.54, 1.807) is 0 Å². The van der Waals surface area contributed by atoms with E-state index in [1.165, 1.54) is 11.8 Å². The van der Waals surface area contributed by atoms with E-state index in [-0.39, 0.29) is 0 Å². The van der Waals surface area contributed by atoms with Crippen molar-refractivity contribution < 1.29 is 0 Å². The molecule has 0 spiro atoms. The van der Waals surface area contributed by atoms with Gasteiger partial charge in [-0.3, -0.25) is 0 Å². The second-order valence-electron chi connectivity index (χ2n) is 4.00. The SMILES string of the molecule is CCNc1cc(Nc2ccc(Br)c(Cl)c2Cl)nc(SC)n1. The average molecular weight is 408 g/mol. The highest BCUT2D eigenvalue weighted by atomic mass is 79.9. The summed E-state index contributed by atoms with van der Waals surface area (Å²) in [5.74, 6) is 1.42. The summed E-state index contributed by atoms with van der Waals surface area (Å²) in [6, 6.07) is 5.50. The van der Waals surface area contributed by atoms with Crippen molar-refractivity contribution in [2.75, 3.05) is 23.4 Å². The lowest BCUT2D eigenvalue weighted by Gasteiger charge is -2.12. The van der Waals surface area contributed by atoms with E-state index >= 15 is 0 Å². The number of anilines is 3. The van der Waals surface area contributed by atoms with Crippen LogP contribution in [0.3, 0.4) is 0 Å². The molecule has 0 fully saturated rings. The lowest BCUT2D eigenvalue weighted by molar-refractivity contribution is 0.967. The van der Waals surface area contributed by atoms with E-state index in [2.05, 4.69) is 36.5 Å². The fourth-order valence-electron chi connectivity index (χ4n) is 1.61. The minimum absolute atomic E-state index is 0.445. The van der Waals surface area contributed by atoms with Crippen molar-refractivity contribution in [2.24, 2.45) is 0 Å². The highest BCUT2D eigenvalue weighted by molar-refractivity contribution is 9.10. The van der Waals surface area contributed by atoms with Crippen molar-refractivity contribution in [3.63, 3.8) is 0 Å². The third-order valence-electron chi connectivity index (χ3n) is 2.54. The molecule has 0 saturated heterocycles. The summed E-state index contributed by atoms with van der Waals surface area (Å²) in [5.41, 5.74) is 0.693. The number of benzene rings is 1. The molecule has 112 valence electrons. The van der Waals surface area contributed by atoms with Crippen LogP contribution >= 0.6 is 50.9 Å². The number of hydrogen-bond donors (Lipinski definition) is 2. The van der Waals surface area contributed by atoms with Gasteiger partial charge in [-0.05, 0) is 41.2 Å². The first-order valence-corrected chi connectivity index (χ1v) is 8.90. The molecule has 0 radical (unpaired) electrons. The number of nitrogens with zero attached hydrogens (tertiary/aromatic N) is 2. The van der Waals surface area contributed by atoms with Gasteiger partial charge in [0.2, 0.25) is 0 Å². The van der Waals surface area contributed by atoms with Gasteiger partial charge in [0, 0.05) is 17.1 Å². The highest BCUT2D eigenvalue weighted by Gasteiger charge is 2.10. The molecule has 2 rings (SSSR count). The predicted octanol–water partition coefficient (Wildman–Crippen LogP) is 5.44. The van der Waals surface area contributed by atoms with E-state index < -0.39 is 0 Å². The molecule has 2 N–H and O–H groups in total. The Kier molecular flexibility index (Phi) is 5.98. The van der Waals surface area contributed by atoms with E-state index in [9.17, 15) is 0 Å². The largest absolute Gasteiger partial charge is 0.370 e. The first-order chi connectivity index (χ1) is 10.0. The molecule has 21 heavy (non-hydrogen) atoms. The lowest BCUT2D eigenvalue weighted by atomic mass is 10.3. The predicted molar refractivity (Wildman–Crippen MR) is 95.4 cm³/mol. The van der Waals surface area contributed by atoms with E-state index in [4.69, 9.17) is 23.2 Å². The summed E-state index contributed by atoms with van der Waals surface area (Å²) < 4.78 is 0.751. The Labute approximate surface area is 146 Å². The first kappa shape index (κ1) is 16.7. The first-order valence-electron chi connectivity index (χ1n) is 6.12. The Morgan fingerprint density at radius 2 is 1.90 bits per heavy atom. The normalized spacial score (nSPS) is 10.5. The van der Waals surface area contributed by atoms with Crippen molar-refractivity contribution in [2.45, 2.75) is 12.1 Å². The Morgan fingerprint density at radius 1 is 1.19 bits per heavy atom. The van der Waals surface area contributed by atoms with Crippen LogP contribution in [0.4, 0.5) is 17.3 Å². The second-order valence-corrected chi connectivity index (χ2v) is 6.39. The maximum Gasteiger partial charge on any atom is 0.191 e. The third-order valence-corrected chi connectivity index (χ3v) is 4.86. The quantitative estimate of drug-likeness (QED) is 0.392. The van der Waals surface area contributed by atoms with Gasteiger partial charge in [-0.15, -0.1) is 0 Å². The summed E-state index contributed by atoms with van der Waals surface area (Å²) in [4.78, 5) is 8.78. The number of thioether (sulfide) groups is 1. The van der Waals surface area contributed by atoms with E-state index in [0.717, 1.165) is 16.8 Å². The molecular formula is C13H13BrCl2N4S. The van der Waals surface area contributed by atoms with Crippen LogP contribution in [-0.2, 0) is 0 Å². The van der Waals surface area contributed by atoms with Gasteiger partial charge in [0.05, 0.1) is 15.7 Å². The zero-order valence-electron chi connectivity index (χ0n) is 11.4. The molecule has 0 aliphatic carbocycles. The molecule has 0 atom stereocenters. The van der Waals surface area contributed by atoms with Crippen molar-refractivity contribution in [1.29, 1.82) is 0 Å². The molecule has 0 aliphatic rings. The van der Waals surface area contributed by atoms with Gasteiger partial charge in [0.25, 0.3) is 0 Å². The van der Waals surface area contributed by atoms with Gasteiger partial charge in [0.1, 0.15) is 11.6 Å². The summed E-state index contributed by atoms with van der Waals surface area (Å²) in [6.07, 6.45) is 1.93. The van der Waals surface area contributed by atoms with Crippen LogP contribution in [0.2, 0.25) is 10.0 Å². The van der Waals surface area contributed by atoms with E-state index in [0.29, 0.717) is 26.7 Å². The number of hydrogen-bond acceptors (Lipinski definition) is 5. The Bertz CT molecular complexity index is 654. The molecule has 0 saturated carbocycles. The van der Waals surface area contributed by atoms with Crippen LogP contribution in [0.1, 0.15) is 6.92 Å². The molecule has 4 nitrogen and oxygen atoms in total. The van der Waals surface area contributed by atoms with Crippen LogP contribution in [-0.4, -0.2) is 22.8 Å². The van der Waals surface area contributed by atoms with Gasteiger partial charge in [-0.2, -0.15) is 0 Å². The van der Waals surface area contributed by atoms with Gasteiger partial charge in [-0.1, -0.05) is 35.0 Å². The monoisotopic (exact) mass is 406 g/mol. The molecule has 0 bridgehead atoms. The molecular weight excluding hydrogens is 395 g/mol. The van der Waals surface area contributed by atoms with Gasteiger partial charge in [0.15, 0.2) is 5.16 Å². The van der Waals surface area contributed by atoms with Crippen molar-refractivity contribution in [1.82, 2.24) is 9.97 Å². The maximum absolute atomic E-state index is 6.23. The van der Waals surface area contributed by atoms with Crippen LogP contribution in [0.15, 0.2) is 27.8 Å². The zero-order valence-corrected chi connectivity index (χ0v) is 15.3. The lowest BCUT2D eigenvalue weighted by Crippen LogP contribution is -2.04. The van der Waals surface area contributed by atoms with E-state index in [1.807, 2.05) is 31.4 Å². The number of aromatic nitrogens is 2. The minimum atomic E-state index is 0.445. The summed E-state index contributed by atoms with van der Waals surface area (Å²) in [7, 11) is 0. The minimum Gasteiger partial charge on any atom is -0.370 e. The van der Waals surface area contributed by atoms with Gasteiger partial charge >= 0.3 is 0 Å². The Morgan fingerprint density at radius 3 is 2.57 bits per heavy atom. The zero-order chi connectivity index (χ0) is 15.4. The van der Waals surface area contributed by atoms with Gasteiger partial charge in [-0.25, -0.2) is 9.97 Å². The van der Waals surface area contributed by atoms with Crippen LogP contribution in [0, 0.1) is 0 Å². The number of halogens is 3. The van der Waals surface area contributed by atoms with Gasteiger partial charge < -0.3 is 10.6 Å². The molecule has 0 unspecified atom stereocenters. The molecule has 1 aromatic carbocycles. The average Bonchev–Trinajstić information content (AvgIpc) is 2.48. The summed E-state index contributed by atoms with van der Waals surface area (Å²) in [5, 5.41) is 7.93. The summed E-state index contributed by atoms with van der Waals surface area (Å²) >= 11 is 17.2. The maximum atomic E-state index is 6.23. The topological polar surface area (TPSA) is 49.8 Å². The Balaban J connectivity index is 2.34. The van der Waals surface area contributed by atoms with Crippen LogP contribution < -0.4 is 10.6 Å². The van der Waals surface area contributed by atoms with Crippen molar-refractivity contribution in [3.05, 3.63) is 32.7 Å². The molecule has 1 aromatic heterocycles. The van der Waals surface area contributed by atoms with Crippen LogP contribution in [0.5, 0.6) is 0 Å². The Hall–Kier alpha value is -0.690. The standard InChI is InChI=1S/C13H13BrCl2N4S/c1-3-17-9-6-10(20-13(19-9)21-2)18-8-5-4-7(14)11(15)12(8)16/h4-6H,3H2,1-2H3,(H2,17,18,19,20). The fraction of sp³-hybridized carbons (Fsp3) is 0.231. The second kappa shape index (κ2) is 7.54. The third kappa shape index (κ3) is 4.16. The smallest absolute Gasteiger partial charge is 0.191 e. The molecule has 0 amide bonds. The number of rotatable bonds is 5. The molecule has 2 aromatic rings. The van der Waals surface area contributed by atoms with Crippen LogP contribution in [0.25, 0.3) is 0 Å².